The molecule has 44 heavy (non-hydrogen) atoms. The maximum absolute atomic E-state index is 14.4. The molecule has 0 saturated heterocycles. The molecule has 0 fully saturated rings. The van der Waals surface area contributed by atoms with E-state index in [1.807, 2.05) is 66.7 Å². The normalized spacial score (nSPS) is 17.2. The van der Waals surface area contributed by atoms with E-state index in [9.17, 15) is 10.3 Å². The largest absolute Gasteiger partial charge is 0.494 e. The van der Waals surface area contributed by atoms with Crippen molar-refractivity contribution in [3.63, 3.8) is 0 Å². The van der Waals surface area contributed by atoms with Crippen molar-refractivity contribution in [3.05, 3.63) is 140 Å². The molecule has 1 aliphatic heterocycles. The minimum atomic E-state index is -1.50. The van der Waals surface area contributed by atoms with Crippen LogP contribution in [0.4, 0.5) is 5.69 Å². The second-order valence-electron chi connectivity index (χ2n) is 10.1. The Morgan fingerprint density at radius 1 is 1.02 bits per heavy atom. The number of azide groups is 1. The lowest BCUT2D eigenvalue weighted by Gasteiger charge is -2.31. The third-order valence-electron chi connectivity index (χ3n) is 7.16. The van der Waals surface area contributed by atoms with E-state index in [4.69, 9.17) is 19.6 Å². The molecule has 0 unspecified atom stereocenters. The molecule has 0 saturated carbocycles. The predicted molar refractivity (Wildman–Crippen MR) is 171 cm³/mol. The van der Waals surface area contributed by atoms with Gasteiger partial charge in [0.25, 0.3) is 5.91 Å². The molecule has 224 valence electrons. The Morgan fingerprint density at radius 2 is 1.75 bits per heavy atom. The van der Waals surface area contributed by atoms with Gasteiger partial charge >= 0.3 is 0 Å². The summed E-state index contributed by atoms with van der Waals surface area (Å²) in [6.45, 7) is 0.826. The number of nitrogens with one attached hydrogen (secondary N) is 2. The first-order valence-electron chi connectivity index (χ1n) is 14.1. The van der Waals surface area contributed by atoms with Gasteiger partial charge in [0.05, 0.1) is 6.61 Å². The Bertz CT molecular complexity index is 1660. The molecule has 2 atom stereocenters. The maximum Gasteiger partial charge on any atom is 0.266 e. The van der Waals surface area contributed by atoms with Gasteiger partial charge in [-0.25, -0.2) is 10.4 Å². The van der Waals surface area contributed by atoms with Crippen LogP contribution in [0.15, 0.2) is 118 Å². The monoisotopic (exact) mass is 654 g/mol. The highest BCUT2D eigenvalue weighted by molar-refractivity contribution is 9.10. The van der Waals surface area contributed by atoms with Gasteiger partial charge in [-0.2, -0.15) is 0 Å². The van der Waals surface area contributed by atoms with E-state index in [1.165, 1.54) is 0 Å². The van der Waals surface area contributed by atoms with Gasteiger partial charge in [-0.3, -0.25) is 10.2 Å². The zero-order valence-electron chi connectivity index (χ0n) is 23.8. The molecular weight excluding hydrogens is 624 g/mol. The molecule has 4 aromatic rings. The van der Waals surface area contributed by atoms with Crippen molar-refractivity contribution in [1.29, 1.82) is 0 Å². The Balaban J connectivity index is 1.57. The SMILES string of the molecule is [N-]=[N+]=Nc1ccccc1[C@@H]1OC(c2ccc(OCCCO)cc2)=N[C@]1(Cc1ccccc1Br)C(=O)NNCc1ccccc1. The van der Waals surface area contributed by atoms with E-state index in [0.29, 0.717) is 42.1 Å². The summed E-state index contributed by atoms with van der Waals surface area (Å²) in [6.07, 6.45) is -0.242. The van der Waals surface area contributed by atoms with Crippen LogP contribution >= 0.6 is 15.9 Å². The topological polar surface area (TPSA) is 141 Å². The molecule has 11 heteroatoms. The van der Waals surface area contributed by atoms with Crippen LogP contribution in [0.5, 0.6) is 5.75 Å². The van der Waals surface area contributed by atoms with Crippen molar-refractivity contribution in [2.24, 2.45) is 10.1 Å². The van der Waals surface area contributed by atoms with Crippen LogP contribution in [0, 0.1) is 0 Å². The first-order chi connectivity index (χ1) is 21.5. The highest BCUT2D eigenvalue weighted by Gasteiger charge is 2.54. The summed E-state index contributed by atoms with van der Waals surface area (Å²) >= 11 is 3.64. The first kappa shape index (κ1) is 30.8. The number of carbonyl (C=O) groups excluding carboxylic acids is 1. The lowest BCUT2D eigenvalue weighted by Crippen LogP contribution is -2.53. The van der Waals surface area contributed by atoms with E-state index >= 15 is 0 Å². The molecule has 1 heterocycles. The molecule has 5 rings (SSSR count). The number of halogens is 1. The van der Waals surface area contributed by atoms with Crippen molar-refractivity contribution < 1.29 is 19.4 Å². The van der Waals surface area contributed by atoms with Gasteiger partial charge in [0.15, 0.2) is 11.6 Å². The lowest BCUT2D eigenvalue weighted by atomic mass is 9.81. The highest BCUT2D eigenvalue weighted by atomic mass is 79.9. The Labute approximate surface area is 263 Å². The molecular formula is C33H31BrN6O4. The maximum atomic E-state index is 14.4. The third kappa shape index (κ3) is 7.10. The predicted octanol–water partition coefficient (Wildman–Crippen LogP) is 6.47. The van der Waals surface area contributed by atoms with Gasteiger partial charge in [-0.05, 0) is 47.0 Å². The molecule has 3 N–H and O–H groups in total. The average molecular weight is 656 g/mol. The van der Waals surface area contributed by atoms with Gasteiger partial charge in [0, 0.05) is 52.2 Å². The quantitative estimate of drug-likeness (QED) is 0.0498. The molecule has 10 nitrogen and oxygen atoms in total. The van der Waals surface area contributed by atoms with Crippen molar-refractivity contribution in [2.45, 2.75) is 31.0 Å². The molecule has 1 amide bonds. The van der Waals surface area contributed by atoms with Gasteiger partial charge < -0.3 is 14.6 Å². The fourth-order valence-corrected chi connectivity index (χ4v) is 5.40. The van der Waals surface area contributed by atoms with E-state index in [-0.39, 0.29) is 18.9 Å². The summed E-state index contributed by atoms with van der Waals surface area (Å²) in [4.78, 5) is 22.4. The van der Waals surface area contributed by atoms with Crippen LogP contribution in [0.2, 0.25) is 0 Å². The number of amides is 1. The molecule has 0 spiro atoms. The minimum Gasteiger partial charge on any atom is -0.494 e. The molecule has 1 aliphatic rings. The molecule has 4 aromatic carbocycles. The zero-order valence-corrected chi connectivity index (χ0v) is 25.4. The average Bonchev–Trinajstić information content (AvgIpc) is 3.44. The summed E-state index contributed by atoms with van der Waals surface area (Å²) in [5.41, 5.74) is 17.1. The number of hydrogen-bond acceptors (Lipinski definition) is 7. The molecule has 0 aliphatic carbocycles. The Hall–Kier alpha value is -4.67. The molecule has 0 aromatic heterocycles. The fraction of sp³-hybridized carbons (Fsp3) is 0.212. The summed E-state index contributed by atoms with van der Waals surface area (Å²) in [5, 5.41) is 13.0. The smallest absolute Gasteiger partial charge is 0.266 e. The standard InChI is InChI=1S/C33H31BrN6O4/c34-28-13-6-4-11-25(28)21-33(32(42)39-36-22-23-9-2-1-3-10-23)30(27-12-5-7-14-29(27)38-40-35)44-31(37-33)24-15-17-26(18-16-24)43-20-8-19-41/h1-7,9-18,30,36,41H,8,19-22H2,(H,39,42)/t30-,33-/m0/s1. The van der Waals surface area contributed by atoms with Crippen LogP contribution in [0.25, 0.3) is 10.4 Å². The van der Waals surface area contributed by atoms with E-state index in [2.05, 4.69) is 36.8 Å². The van der Waals surface area contributed by atoms with Crippen molar-refractivity contribution >= 4 is 33.4 Å². The number of benzene rings is 4. The van der Waals surface area contributed by atoms with Gasteiger partial charge in [0.1, 0.15) is 5.75 Å². The fourth-order valence-electron chi connectivity index (χ4n) is 4.97. The number of aliphatic hydroxyl groups is 1. The summed E-state index contributed by atoms with van der Waals surface area (Å²) < 4.78 is 13.1. The van der Waals surface area contributed by atoms with Crippen molar-refractivity contribution in [1.82, 2.24) is 10.9 Å². The van der Waals surface area contributed by atoms with E-state index in [0.717, 1.165) is 15.6 Å². The number of hydrazine groups is 1. The number of rotatable bonds is 13. The number of ether oxygens (including phenoxy) is 2. The summed E-state index contributed by atoms with van der Waals surface area (Å²) in [5.74, 6) is 0.482. The minimum absolute atomic E-state index is 0.0450. The summed E-state index contributed by atoms with van der Waals surface area (Å²) in [7, 11) is 0. The number of hydrogen-bond donors (Lipinski definition) is 3. The second-order valence-corrected chi connectivity index (χ2v) is 11.0. The number of aliphatic imine (C=N–C) groups is 1. The lowest BCUT2D eigenvalue weighted by molar-refractivity contribution is -0.130. The second kappa shape index (κ2) is 14.7. The zero-order chi connectivity index (χ0) is 30.8. The Kier molecular flexibility index (Phi) is 10.3. The molecule has 0 bridgehead atoms. The highest BCUT2D eigenvalue weighted by Crippen LogP contribution is 2.46. The van der Waals surface area contributed by atoms with Gasteiger partial charge in [0.2, 0.25) is 5.90 Å². The van der Waals surface area contributed by atoms with E-state index < -0.39 is 17.6 Å². The third-order valence-corrected chi connectivity index (χ3v) is 7.93. The van der Waals surface area contributed by atoms with Crippen molar-refractivity contribution in [2.75, 3.05) is 13.2 Å². The van der Waals surface area contributed by atoms with Crippen LogP contribution in [-0.4, -0.2) is 35.7 Å². The molecule has 0 radical (unpaired) electrons. The van der Waals surface area contributed by atoms with Crippen LogP contribution in [0.1, 0.15) is 34.8 Å². The van der Waals surface area contributed by atoms with Gasteiger partial charge in [-0.1, -0.05) is 93.8 Å². The van der Waals surface area contributed by atoms with Crippen LogP contribution in [-0.2, 0) is 22.5 Å². The van der Waals surface area contributed by atoms with Crippen LogP contribution in [0.3, 0.4) is 0 Å². The number of nitrogens with zero attached hydrogens (tertiary/aromatic N) is 4. The van der Waals surface area contributed by atoms with E-state index in [1.54, 1.807) is 36.4 Å². The number of aliphatic hydroxyl groups excluding tert-OH is 1. The van der Waals surface area contributed by atoms with Crippen molar-refractivity contribution in [3.8, 4) is 5.75 Å². The summed E-state index contributed by atoms with van der Waals surface area (Å²) in [6, 6.07) is 31.6. The van der Waals surface area contributed by atoms with Gasteiger partial charge in [-0.15, -0.1) is 0 Å². The van der Waals surface area contributed by atoms with Crippen LogP contribution < -0.4 is 15.6 Å². The Morgan fingerprint density at radius 3 is 2.50 bits per heavy atom. The first-order valence-corrected chi connectivity index (χ1v) is 14.9. The number of carbonyl (C=O) groups is 1.